The molecule has 0 aliphatic rings. The smallest absolute Gasteiger partial charge is 0.342 e. The van der Waals surface area contributed by atoms with Crippen LogP contribution in [0.1, 0.15) is 21.8 Å². The largest absolute Gasteiger partial charge is 0.495 e. The van der Waals surface area contributed by atoms with Crippen LogP contribution in [0.25, 0.3) is 10.8 Å². The molecule has 0 saturated heterocycles. The number of H-pyrrole nitrogens is 1. The molecule has 0 aliphatic carbocycles. The highest BCUT2D eigenvalue weighted by molar-refractivity contribution is 6.03. The second kappa shape index (κ2) is 9.45. The van der Waals surface area contributed by atoms with Crippen LogP contribution in [-0.2, 0) is 9.53 Å². The number of aromatic amines is 1. The summed E-state index contributed by atoms with van der Waals surface area (Å²) in [6, 6.07) is 10.2. The van der Waals surface area contributed by atoms with E-state index in [-0.39, 0.29) is 22.7 Å². The Morgan fingerprint density at radius 3 is 2.71 bits per heavy atom. The average molecular weight is 463 g/mol. The fraction of sp³-hybridized carbons (Fsp3) is 0.174. The summed E-state index contributed by atoms with van der Waals surface area (Å²) in [5.74, 6) is -0.256. The first-order chi connectivity index (χ1) is 16.4. The van der Waals surface area contributed by atoms with Crippen molar-refractivity contribution in [1.29, 1.82) is 0 Å². The van der Waals surface area contributed by atoms with Crippen LogP contribution >= 0.6 is 0 Å². The summed E-state index contributed by atoms with van der Waals surface area (Å²) in [4.78, 5) is 41.5. The van der Waals surface area contributed by atoms with Crippen LogP contribution in [0.5, 0.6) is 5.75 Å². The van der Waals surface area contributed by atoms with Gasteiger partial charge in [-0.1, -0.05) is 12.1 Å². The van der Waals surface area contributed by atoms with Gasteiger partial charge in [-0.2, -0.15) is 5.10 Å². The van der Waals surface area contributed by atoms with Crippen LogP contribution in [0.2, 0.25) is 0 Å². The Morgan fingerprint density at radius 2 is 1.91 bits per heavy atom. The van der Waals surface area contributed by atoms with Crippen molar-refractivity contribution in [3.63, 3.8) is 0 Å². The number of nitrogens with one attached hydrogen (secondary N) is 3. The highest BCUT2D eigenvalue weighted by Gasteiger charge is 2.20. The summed E-state index contributed by atoms with van der Waals surface area (Å²) in [7, 11) is 1.53. The van der Waals surface area contributed by atoms with Gasteiger partial charge in [0.1, 0.15) is 28.3 Å². The number of para-hydroxylation sites is 2. The number of carbonyl (C=O) groups is 2. The van der Waals surface area contributed by atoms with Crippen LogP contribution in [0.3, 0.4) is 0 Å². The number of amides is 1. The zero-order valence-corrected chi connectivity index (χ0v) is 18.6. The lowest BCUT2D eigenvalue weighted by Gasteiger charge is -2.13. The van der Waals surface area contributed by atoms with E-state index in [4.69, 9.17) is 13.9 Å². The molecule has 0 radical (unpaired) electrons. The highest BCUT2D eigenvalue weighted by Crippen LogP contribution is 2.29. The fourth-order valence-electron chi connectivity index (χ4n) is 3.45. The number of pyridine rings is 1. The topological polar surface area (TPSA) is 148 Å². The Bertz CT molecular complexity index is 1440. The first-order valence-corrected chi connectivity index (χ1v) is 10.2. The van der Waals surface area contributed by atoms with E-state index in [2.05, 4.69) is 25.8 Å². The molecular weight excluding hydrogens is 442 g/mol. The number of anilines is 3. The van der Waals surface area contributed by atoms with Gasteiger partial charge in [0.05, 0.1) is 23.9 Å². The first kappa shape index (κ1) is 22.5. The van der Waals surface area contributed by atoms with E-state index >= 15 is 0 Å². The van der Waals surface area contributed by atoms with E-state index in [0.717, 1.165) is 0 Å². The molecule has 1 amide bonds. The number of rotatable bonds is 7. The summed E-state index contributed by atoms with van der Waals surface area (Å²) >= 11 is 0. The van der Waals surface area contributed by atoms with Gasteiger partial charge >= 0.3 is 5.97 Å². The zero-order chi connectivity index (χ0) is 24.2. The Morgan fingerprint density at radius 1 is 1.12 bits per heavy atom. The average Bonchev–Trinajstić information content (AvgIpc) is 3.17. The number of aromatic nitrogens is 3. The maximum Gasteiger partial charge on any atom is 0.342 e. The third kappa shape index (κ3) is 4.44. The number of fused-ring (bicyclic) bond motifs is 1. The lowest BCUT2D eigenvalue weighted by Crippen LogP contribution is -2.22. The van der Waals surface area contributed by atoms with Crippen molar-refractivity contribution < 1.29 is 23.5 Å². The highest BCUT2D eigenvalue weighted by atomic mass is 16.5. The van der Waals surface area contributed by atoms with Gasteiger partial charge in [0, 0.05) is 6.20 Å². The van der Waals surface area contributed by atoms with Crippen molar-refractivity contribution in [2.24, 2.45) is 0 Å². The SMILES string of the molecule is COc1ccccc1Nc1ncccc1C(=O)OCC(=O)Nc1oc(C)c2c(C)n[nH]c(=O)c12. The van der Waals surface area contributed by atoms with E-state index in [1.165, 1.54) is 19.4 Å². The van der Waals surface area contributed by atoms with Gasteiger partial charge in [-0.3, -0.25) is 14.9 Å². The summed E-state index contributed by atoms with van der Waals surface area (Å²) in [5.41, 5.74) is 0.769. The normalized spacial score (nSPS) is 10.7. The fourth-order valence-corrected chi connectivity index (χ4v) is 3.45. The lowest BCUT2D eigenvalue weighted by molar-refractivity contribution is -0.119. The molecule has 11 heteroatoms. The number of aryl methyl sites for hydroxylation is 2. The van der Waals surface area contributed by atoms with Crippen molar-refractivity contribution in [3.05, 3.63) is 70.0 Å². The van der Waals surface area contributed by atoms with E-state index < -0.39 is 24.0 Å². The maximum atomic E-state index is 12.7. The van der Waals surface area contributed by atoms with Crippen molar-refractivity contribution in [2.75, 3.05) is 24.4 Å². The Balaban J connectivity index is 1.47. The molecule has 1 aromatic carbocycles. The molecule has 0 fully saturated rings. The zero-order valence-electron chi connectivity index (χ0n) is 18.6. The van der Waals surface area contributed by atoms with Crippen molar-refractivity contribution >= 4 is 40.0 Å². The molecule has 0 aliphatic heterocycles. The molecular formula is C23H21N5O6. The van der Waals surface area contributed by atoms with Crippen LogP contribution in [0, 0.1) is 13.8 Å². The molecule has 0 atom stereocenters. The Kier molecular flexibility index (Phi) is 6.26. The molecule has 174 valence electrons. The van der Waals surface area contributed by atoms with Gasteiger partial charge in [0.25, 0.3) is 11.5 Å². The summed E-state index contributed by atoms with van der Waals surface area (Å²) in [6.45, 7) is 2.76. The number of esters is 1. The second-order valence-corrected chi connectivity index (χ2v) is 7.22. The predicted molar refractivity (Wildman–Crippen MR) is 124 cm³/mol. The predicted octanol–water partition coefficient (Wildman–Crippen LogP) is 3.08. The van der Waals surface area contributed by atoms with Gasteiger partial charge in [-0.05, 0) is 38.1 Å². The molecule has 3 heterocycles. The summed E-state index contributed by atoms with van der Waals surface area (Å²) < 4.78 is 16.0. The molecule has 3 aromatic heterocycles. The Hall–Kier alpha value is -4.67. The van der Waals surface area contributed by atoms with Crippen LogP contribution in [0.15, 0.2) is 51.8 Å². The monoisotopic (exact) mass is 463 g/mol. The molecule has 0 bridgehead atoms. The van der Waals surface area contributed by atoms with Crippen LogP contribution in [-0.4, -0.2) is 40.8 Å². The van der Waals surface area contributed by atoms with Crippen LogP contribution < -0.4 is 20.9 Å². The number of carbonyl (C=O) groups excluding carboxylic acids is 2. The van der Waals surface area contributed by atoms with Crippen molar-refractivity contribution in [1.82, 2.24) is 15.2 Å². The third-order valence-corrected chi connectivity index (χ3v) is 4.97. The number of nitrogens with zero attached hydrogens (tertiary/aromatic N) is 2. The summed E-state index contributed by atoms with van der Waals surface area (Å²) in [6.07, 6.45) is 1.51. The summed E-state index contributed by atoms with van der Waals surface area (Å²) in [5, 5.41) is 12.4. The van der Waals surface area contributed by atoms with Gasteiger partial charge in [-0.15, -0.1) is 0 Å². The quantitative estimate of drug-likeness (QED) is 0.352. The number of furan rings is 1. The number of ether oxygens (including phenoxy) is 2. The second-order valence-electron chi connectivity index (χ2n) is 7.22. The number of benzene rings is 1. The molecule has 11 nitrogen and oxygen atoms in total. The number of methoxy groups -OCH3 is 1. The number of hydrogen-bond acceptors (Lipinski definition) is 9. The third-order valence-electron chi connectivity index (χ3n) is 4.97. The molecule has 3 N–H and O–H groups in total. The minimum Gasteiger partial charge on any atom is -0.495 e. The first-order valence-electron chi connectivity index (χ1n) is 10.2. The minimum absolute atomic E-state index is 0.0415. The lowest BCUT2D eigenvalue weighted by atomic mass is 10.2. The van der Waals surface area contributed by atoms with Gasteiger partial charge < -0.3 is 19.2 Å². The number of hydrogen-bond donors (Lipinski definition) is 3. The van der Waals surface area contributed by atoms with Crippen molar-refractivity contribution in [3.8, 4) is 5.75 Å². The van der Waals surface area contributed by atoms with E-state index in [0.29, 0.717) is 28.3 Å². The van der Waals surface area contributed by atoms with Crippen molar-refractivity contribution in [2.45, 2.75) is 13.8 Å². The molecule has 0 spiro atoms. The molecule has 0 unspecified atom stereocenters. The molecule has 4 rings (SSSR count). The van der Waals surface area contributed by atoms with Gasteiger partial charge in [0.15, 0.2) is 6.61 Å². The minimum atomic E-state index is -0.765. The molecule has 0 saturated carbocycles. The molecule has 4 aromatic rings. The Labute approximate surface area is 193 Å². The van der Waals surface area contributed by atoms with Gasteiger partial charge in [-0.25, -0.2) is 14.9 Å². The van der Waals surface area contributed by atoms with E-state index in [1.54, 1.807) is 38.1 Å². The van der Waals surface area contributed by atoms with E-state index in [9.17, 15) is 14.4 Å². The maximum absolute atomic E-state index is 12.7. The van der Waals surface area contributed by atoms with Gasteiger partial charge in [0.2, 0.25) is 5.88 Å². The molecule has 34 heavy (non-hydrogen) atoms. The van der Waals surface area contributed by atoms with Crippen LogP contribution in [0.4, 0.5) is 17.4 Å². The standard InChI is InChI=1S/C23H21N5O6/c1-12-18-13(2)34-22(19(18)21(30)28-27-12)26-17(29)11-33-23(31)14-7-6-10-24-20(14)25-15-8-4-5-9-16(15)32-3/h4-10H,11H2,1-3H3,(H,24,25)(H,26,29)(H,28,30). The van der Waals surface area contributed by atoms with E-state index in [1.807, 2.05) is 6.07 Å².